The van der Waals surface area contributed by atoms with Crippen molar-refractivity contribution >= 4 is 32.7 Å². The van der Waals surface area contributed by atoms with Gasteiger partial charge in [0.2, 0.25) is 0 Å². The minimum Gasteiger partial charge on any atom is -0.345 e. The van der Waals surface area contributed by atoms with E-state index in [4.69, 9.17) is 4.98 Å². The zero-order valence-corrected chi connectivity index (χ0v) is 14.4. The molecular weight excluding hydrogens is 308 g/mol. The number of anilines is 1. The predicted molar refractivity (Wildman–Crippen MR) is 96.5 cm³/mol. The molecule has 0 aliphatic carbocycles. The van der Waals surface area contributed by atoms with E-state index in [1.54, 1.807) is 17.4 Å². The quantitative estimate of drug-likeness (QED) is 0.880. The van der Waals surface area contributed by atoms with Crippen LogP contribution in [-0.4, -0.2) is 48.6 Å². The molecule has 1 saturated heterocycles. The van der Waals surface area contributed by atoms with Crippen molar-refractivity contribution in [2.45, 2.75) is 13.8 Å². The van der Waals surface area contributed by atoms with E-state index >= 15 is 0 Å². The lowest BCUT2D eigenvalue weighted by molar-refractivity contribution is 0.195. The monoisotopic (exact) mass is 330 g/mol. The maximum Gasteiger partial charge on any atom is 0.317 e. The Balaban J connectivity index is 1.70. The lowest BCUT2D eigenvalue weighted by Crippen LogP contribution is -2.51. The van der Waals surface area contributed by atoms with Crippen LogP contribution in [-0.2, 0) is 0 Å². The molecule has 6 heteroatoms. The number of urea groups is 1. The summed E-state index contributed by atoms with van der Waals surface area (Å²) in [5.74, 6) is 0. The van der Waals surface area contributed by atoms with E-state index in [1.165, 1.54) is 15.8 Å². The highest BCUT2D eigenvalue weighted by atomic mass is 32.1. The van der Waals surface area contributed by atoms with Crippen LogP contribution in [0.2, 0.25) is 0 Å². The van der Waals surface area contributed by atoms with E-state index in [2.05, 4.69) is 42.8 Å². The number of amides is 2. The zero-order chi connectivity index (χ0) is 16.4. The second-order valence-corrected chi connectivity index (χ2v) is 6.80. The molecular formula is C17H22N4OS. The van der Waals surface area contributed by atoms with Crippen LogP contribution >= 0.6 is 11.3 Å². The third-order valence-electron chi connectivity index (χ3n) is 4.17. The number of thiazole rings is 1. The number of hydrogen-bond donors (Lipinski definition) is 1. The smallest absolute Gasteiger partial charge is 0.317 e. The average Bonchev–Trinajstić information content (AvgIpc) is 3.03. The average molecular weight is 330 g/mol. The Morgan fingerprint density at radius 3 is 2.65 bits per heavy atom. The number of rotatable bonds is 3. The summed E-state index contributed by atoms with van der Waals surface area (Å²) in [6.45, 7) is 11.4. The fraction of sp³-hybridized carbons (Fsp3) is 0.412. The van der Waals surface area contributed by atoms with Gasteiger partial charge in [0.05, 0.1) is 10.2 Å². The SMILES string of the molecule is C=CCNC(=O)N1CCN(c2nc3c(C)ccc(C)c3s2)CC1. The van der Waals surface area contributed by atoms with Crippen LogP contribution in [0.3, 0.4) is 0 Å². The Morgan fingerprint density at radius 1 is 1.30 bits per heavy atom. The summed E-state index contributed by atoms with van der Waals surface area (Å²) >= 11 is 1.75. The first-order chi connectivity index (χ1) is 11.1. The van der Waals surface area contributed by atoms with Crippen molar-refractivity contribution in [3.8, 4) is 0 Å². The first-order valence-corrected chi connectivity index (χ1v) is 8.67. The number of hydrogen-bond acceptors (Lipinski definition) is 4. The van der Waals surface area contributed by atoms with Gasteiger partial charge in [-0.15, -0.1) is 6.58 Å². The molecule has 1 fully saturated rings. The van der Waals surface area contributed by atoms with Crippen molar-refractivity contribution in [3.05, 3.63) is 35.9 Å². The summed E-state index contributed by atoms with van der Waals surface area (Å²) in [4.78, 5) is 20.9. The van der Waals surface area contributed by atoms with Gasteiger partial charge in [-0.1, -0.05) is 29.5 Å². The molecule has 2 heterocycles. The topological polar surface area (TPSA) is 48.5 Å². The van der Waals surface area contributed by atoms with Crippen LogP contribution in [0, 0.1) is 13.8 Å². The molecule has 0 spiro atoms. The van der Waals surface area contributed by atoms with Crippen LogP contribution in [0.15, 0.2) is 24.8 Å². The van der Waals surface area contributed by atoms with E-state index in [0.29, 0.717) is 6.54 Å². The van der Waals surface area contributed by atoms with Gasteiger partial charge in [-0.05, 0) is 25.0 Å². The molecule has 3 rings (SSSR count). The molecule has 122 valence electrons. The van der Waals surface area contributed by atoms with Gasteiger partial charge in [0.15, 0.2) is 5.13 Å². The van der Waals surface area contributed by atoms with Gasteiger partial charge < -0.3 is 15.1 Å². The van der Waals surface area contributed by atoms with E-state index in [9.17, 15) is 4.79 Å². The number of carbonyl (C=O) groups is 1. The molecule has 2 amide bonds. The second kappa shape index (κ2) is 6.58. The van der Waals surface area contributed by atoms with Crippen LogP contribution in [0.1, 0.15) is 11.1 Å². The number of aryl methyl sites for hydroxylation is 2. The Morgan fingerprint density at radius 2 is 2.00 bits per heavy atom. The van der Waals surface area contributed by atoms with E-state index in [0.717, 1.165) is 36.8 Å². The van der Waals surface area contributed by atoms with Gasteiger partial charge in [0, 0.05) is 32.7 Å². The van der Waals surface area contributed by atoms with Crippen molar-refractivity contribution in [3.63, 3.8) is 0 Å². The highest BCUT2D eigenvalue weighted by molar-refractivity contribution is 7.22. The highest BCUT2D eigenvalue weighted by Crippen LogP contribution is 2.33. The molecule has 0 radical (unpaired) electrons. The molecule has 1 aliphatic rings. The number of nitrogens with one attached hydrogen (secondary N) is 1. The summed E-state index contributed by atoms with van der Waals surface area (Å²) in [6.07, 6.45) is 1.69. The van der Waals surface area contributed by atoms with Gasteiger partial charge >= 0.3 is 6.03 Å². The largest absolute Gasteiger partial charge is 0.345 e. The minimum atomic E-state index is -0.0134. The maximum atomic E-state index is 12.0. The molecule has 1 aromatic carbocycles. The standard InChI is InChI=1S/C17H22N4OS/c1-4-7-18-16(22)20-8-10-21(11-9-20)17-19-14-12(2)5-6-13(3)15(14)23-17/h4-6H,1,7-11H2,2-3H3,(H,18,22). The zero-order valence-electron chi connectivity index (χ0n) is 13.6. The van der Waals surface area contributed by atoms with E-state index in [-0.39, 0.29) is 6.03 Å². The Kier molecular flexibility index (Phi) is 4.52. The molecule has 0 saturated carbocycles. The third-order valence-corrected chi connectivity index (χ3v) is 5.42. The summed E-state index contributed by atoms with van der Waals surface area (Å²) in [5, 5.41) is 3.89. The number of piperazine rings is 1. The molecule has 0 atom stereocenters. The number of benzene rings is 1. The molecule has 5 nitrogen and oxygen atoms in total. The summed E-state index contributed by atoms with van der Waals surface area (Å²) < 4.78 is 1.27. The van der Waals surface area contributed by atoms with Crippen LogP contribution in [0.4, 0.5) is 9.93 Å². The first-order valence-electron chi connectivity index (χ1n) is 7.85. The van der Waals surface area contributed by atoms with Gasteiger partial charge in [-0.2, -0.15) is 0 Å². The number of aromatic nitrogens is 1. The van der Waals surface area contributed by atoms with Gasteiger partial charge in [0.1, 0.15) is 0 Å². The van der Waals surface area contributed by atoms with Gasteiger partial charge in [-0.25, -0.2) is 9.78 Å². The van der Waals surface area contributed by atoms with Gasteiger partial charge in [0.25, 0.3) is 0 Å². The van der Waals surface area contributed by atoms with E-state index in [1.807, 2.05) is 4.90 Å². The molecule has 2 aromatic rings. The molecule has 23 heavy (non-hydrogen) atoms. The summed E-state index contributed by atoms with van der Waals surface area (Å²) in [7, 11) is 0. The summed E-state index contributed by atoms with van der Waals surface area (Å²) in [6, 6.07) is 4.27. The Hall–Kier alpha value is -2.08. The van der Waals surface area contributed by atoms with Crippen molar-refractivity contribution in [1.82, 2.24) is 15.2 Å². The van der Waals surface area contributed by atoms with Crippen molar-refractivity contribution < 1.29 is 4.79 Å². The van der Waals surface area contributed by atoms with Crippen molar-refractivity contribution in [2.75, 3.05) is 37.6 Å². The highest BCUT2D eigenvalue weighted by Gasteiger charge is 2.23. The minimum absolute atomic E-state index is 0.0134. The summed E-state index contributed by atoms with van der Waals surface area (Å²) in [5.41, 5.74) is 3.60. The third kappa shape index (κ3) is 3.17. The maximum absolute atomic E-state index is 12.0. The molecule has 1 aromatic heterocycles. The van der Waals surface area contributed by atoms with Crippen molar-refractivity contribution in [2.24, 2.45) is 0 Å². The Bertz CT molecular complexity index is 693. The van der Waals surface area contributed by atoms with Crippen LogP contribution < -0.4 is 10.2 Å². The predicted octanol–water partition coefficient (Wildman–Crippen LogP) is 2.93. The first kappa shape index (κ1) is 15.8. The van der Waals surface area contributed by atoms with Crippen molar-refractivity contribution in [1.29, 1.82) is 0 Å². The number of fused-ring (bicyclic) bond motifs is 1. The van der Waals surface area contributed by atoms with Crippen LogP contribution in [0.5, 0.6) is 0 Å². The molecule has 0 unspecified atom stereocenters. The van der Waals surface area contributed by atoms with Gasteiger partial charge in [-0.3, -0.25) is 0 Å². The number of nitrogens with zero attached hydrogens (tertiary/aromatic N) is 3. The molecule has 1 aliphatic heterocycles. The normalized spacial score (nSPS) is 15.0. The van der Waals surface area contributed by atoms with E-state index < -0.39 is 0 Å². The number of carbonyl (C=O) groups excluding carboxylic acids is 1. The molecule has 1 N–H and O–H groups in total. The molecule has 0 bridgehead atoms. The van der Waals surface area contributed by atoms with Crippen LogP contribution in [0.25, 0.3) is 10.2 Å². The Labute approximate surface area is 140 Å². The fourth-order valence-electron chi connectivity index (χ4n) is 2.76. The fourth-order valence-corrected chi connectivity index (χ4v) is 3.92. The lowest BCUT2D eigenvalue weighted by Gasteiger charge is -2.34. The second-order valence-electron chi connectivity index (χ2n) is 5.82. The lowest BCUT2D eigenvalue weighted by atomic mass is 10.1.